The number of benzene rings is 2. The zero-order valence-electron chi connectivity index (χ0n) is 18.4. The lowest BCUT2D eigenvalue weighted by Crippen LogP contribution is -2.13. The summed E-state index contributed by atoms with van der Waals surface area (Å²) in [6, 6.07) is 18.1. The minimum Gasteiger partial charge on any atom is -0.461 e. The number of nitrogens with one attached hydrogen (secondary N) is 1. The van der Waals surface area contributed by atoms with Crippen molar-refractivity contribution in [2.45, 2.75) is 13.8 Å². The highest BCUT2D eigenvalue weighted by Crippen LogP contribution is 2.28. The molecule has 1 N–H and O–H groups in total. The maximum atomic E-state index is 12.8. The Hall–Kier alpha value is -3.68. The van der Waals surface area contributed by atoms with E-state index in [1.165, 1.54) is 12.3 Å². The van der Waals surface area contributed by atoms with Crippen LogP contribution in [0.2, 0.25) is 10.2 Å². The van der Waals surface area contributed by atoms with Crippen molar-refractivity contribution < 1.29 is 14.3 Å². The fraction of sp³-hybridized carbons (Fsp3) is 0.120. The molecule has 0 unspecified atom stereocenters. The average molecular weight is 495 g/mol. The minimum absolute atomic E-state index is 0.0506. The maximum absolute atomic E-state index is 12.8. The monoisotopic (exact) mass is 494 g/mol. The first kappa shape index (κ1) is 23.5. The van der Waals surface area contributed by atoms with Gasteiger partial charge < -0.3 is 10.1 Å². The number of hydrogen-bond donors (Lipinski definition) is 1. The van der Waals surface area contributed by atoms with Gasteiger partial charge in [0.05, 0.1) is 28.6 Å². The zero-order chi connectivity index (χ0) is 24.2. The van der Waals surface area contributed by atoms with Crippen molar-refractivity contribution >= 4 is 40.8 Å². The summed E-state index contributed by atoms with van der Waals surface area (Å²) in [5, 5.41) is 7.65. The average Bonchev–Trinajstić information content (AvgIpc) is 3.27. The number of halogens is 2. The molecule has 0 saturated carbocycles. The zero-order valence-corrected chi connectivity index (χ0v) is 19.9. The molecule has 0 spiro atoms. The van der Waals surface area contributed by atoms with Gasteiger partial charge in [-0.25, -0.2) is 14.5 Å². The third kappa shape index (κ3) is 5.11. The number of anilines is 1. The van der Waals surface area contributed by atoms with E-state index >= 15 is 0 Å². The predicted molar refractivity (Wildman–Crippen MR) is 132 cm³/mol. The Bertz CT molecular complexity index is 1380. The van der Waals surface area contributed by atoms with Crippen LogP contribution in [0.15, 0.2) is 66.9 Å². The lowest BCUT2D eigenvalue weighted by atomic mass is 10.1. The minimum atomic E-state index is -0.511. The van der Waals surface area contributed by atoms with Gasteiger partial charge in [-0.1, -0.05) is 47.5 Å². The first-order valence-corrected chi connectivity index (χ1v) is 11.2. The summed E-state index contributed by atoms with van der Waals surface area (Å²) >= 11 is 12.0. The summed E-state index contributed by atoms with van der Waals surface area (Å²) in [6.07, 6.45) is 1.37. The Morgan fingerprint density at radius 2 is 1.85 bits per heavy atom. The Labute approximate surface area is 206 Å². The first-order chi connectivity index (χ1) is 16.4. The van der Waals surface area contributed by atoms with Gasteiger partial charge in [-0.3, -0.25) is 4.79 Å². The number of pyridine rings is 1. The van der Waals surface area contributed by atoms with E-state index in [1.807, 2.05) is 37.3 Å². The SMILES string of the molecule is CCOC(=O)c1cc(-c2cccc(NC(=O)c3cc(Cl)cnc3Cl)c2)n(-c2cccc(C)c2)n1. The summed E-state index contributed by atoms with van der Waals surface area (Å²) in [6.45, 7) is 3.96. The number of ether oxygens (including phenoxy) is 1. The van der Waals surface area contributed by atoms with Gasteiger partial charge in [0.1, 0.15) is 5.15 Å². The van der Waals surface area contributed by atoms with Crippen LogP contribution in [0.3, 0.4) is 0 Å². The van der Waals surface area contributed by atoms with E-state index in [2.05, 4.69) is 15.4 Å². The van der Waals surface area contributed by atoms with Gasteiger partial charge in [-0.05, 0) is 55.8 Å². The molecule has 172 valence electrons. The normalized spacial score (nSPS) is 10.7. The summed E-state index contributed by atoms with van der Waals surface area (Å²) in [7, 11) is 0. The van der Waals surface area contributed by atoms with E-state index in [9.17, 15) is 9.59 Å². The molecule has 9 heteroatoms. The van der Waals surface area contributed by atoms with Crippen LogP contribution in [0.25, 0.3) is 16.9 Å². The van der Waals surface area contributed by atoms with Crippen LogP contribution in [0.1, 0.15) is 33.3 Å². The standard InChI is InChI=1S/C25H20Cl2N4O3/c1-3-34-25(33)21-13-22(31(30-21)19-9-4-6-15(2)10-19)16-7-5-8-18(11-16)29-24(32)20-12-17(26)14-28-23(20)27/h4-14H,3H2,1-2H3,(H,29,32). The molecule has 0 saturated heterocycles. The second-order valence-corrected chi connectivity index (χ2v) is 8.21. The topological polar surface area (TPSA) is 86.1 Å². The summed E-state index contributed by atoms with van der Waals surface area (Å²) < 4.78 is 6.82. The highest BCUT2D eigenvalue weighted by Gasteiger charge is 2.19. The molecular weight excluding hydrogens is 475 g/mol. The molecule has 4 rings (SSSR count). The summed E-state index contributed by atoms with van der Waals surface area (Å²) in [5.41, 5.74) is 4.10. The van der Waals surface area contributed by atoms with E-state index < -0.39 is 11.9 Å². The summed E-state index contributed by atoms with van der Waals surface area (Å²) in [5.74, 6) is -0.959. The van der Waals surface area contributed by atoms with Crippen molar-refractivity contribution in [1.29, 1.82) is 0 Å². The van der Waals surface area contributed by atoms with Gasteiger partial charge in [0, 0.05) is 17.4 Å². The molecule has 34 heavy (non-hydrogen) atoms. The fourth-order valence-corrected chi connectivity index (χ4v) is 3.73. The highest BCUT2D eigenvalue weighted by atomic mass is 35.5. The molecule has 0 atom stereocenters. The number of nitrogens with zero attached hydrogens (tertiary/aromatic N) is 3. The third-order valence-corrected chi connectivity index (χ3v) is 5.41. The number of carbonyl (C=O) groups excluding carboxylic acids is 2. The number of esters is 1. The molecule has 1 amide bonds. The second-order valence-electron chi connectivity index (χ2n) is 7.41. The Morgan fingerprint density at radius 1 is 1.06 bits per heavy atom. The van der Waals surface area contributed by atoms with Gasteiger partial charge in [0.2, 0.25) is 0 Å². The lowest BCUT2D eigenvalue weighted by molar-refractivity contribution is 0.0519. The highest BCUT2D eigenvalue weighted by molar-refractivity contribution is 6.35. The lowest BCUT2D eigenvalue weighted by Gasteiger charge is -2.11. The molecule has 7 nitrogen and oxygen atoms in total. The van der Waals surface area contributed by atoms with Gasteiger partial charge in [-0.2, -0.15) is 5.10 Å². The van der Waals surface area contributed by atoms with Crippen molar-refractivity contribution in [3.05, 3.63) is 93.9 Å². The van der Waals surface area contributed by atoms with Crippen LogP contribution in [0.4, 0.5) is 5.69 Å². The molecule has 0 aliphatic heterocycles. The van der Waals surface area contributed by atoms with Gasteiger partial charge in [0.25, 0.3) is 5.91 Å². The van der Waals surface area contributed by atoms with Crippen LogP contribution in [0, 0.1) is 6.92 Å². The van der Waals surface area contributed by atoms with Crippen molar-refractivity contribution in [3.8, 4) is 16.9 Å². The largest absolute Gasteiger partial charge is 0.461 e. The predicted octanol–water partition coefficient (Wildman–Crippen LogP) is 5.98. The molecular formula is C25H20Cl2N4O3. The van der Waals surface area contributed by atoms with Crippen molar-refractivity contribution in [3.63, 3.8) is 0 Å². The van der Waals surface area contributed by atoms with E-state index in [1.54, 1.807) is 35.9 Å². The van der Waals surface area contributed by atoms with Crippen LogP contribution in [-0.4, -0.2) is 33.2 Å². The molecule has 0 aliphatic rings. The van der Waals surface area contributed by atoms with Crippen LogP contribution < -0.4 is 5.32 Å². The van der Waals surface area contributed by atoms with E-state index in [4.69, 9.17) is 27.9 Å². The molecule has 0 radical (unpaired) electrons. The first-order valence-electron chi connectivity index (χ1n) is 10.4. The molecule has 0 aliphatic carbocycles. The van der Waals surface area contributed by atoms with Gasteiger partial charge in [0.15, 0.2) is 5.69 Å². The molecule has 0 bridgehead atoms. The number of hydrogen-bond acceptors (Lipinski definition) is 5. The molecule has 4 aromatic rings. The van der Waals surface area contributed by atoms with Crippen molar-refractivity contribution in [2.75, 3.05) is 11.9 Å². The van der Waals surface area contributed by atoms with Crippen LogP contribution in [0.5, 0.6) is 0 Å². The van der Waals surface area contributed by atoms with Crippen LogP contribution >= 0.6 is 23.2 Å². The quantitative estimate of drug-likeness (QED) is 0.263. The third-order valence-electron chi connectivity index (χ3n) is 4.91. The molecule has 2 aromatic heterocycles. The fourth-order valence-electron chi connectivity index (χ4n) is 3.38. The molecule has 2 heterocycles. The van der Waals surface area contributed by atoms with Gasteiger partial charge >= 0.3 is 5.97 Å². The Morgan fingerprint density at radius 3 is 2.62 bits per heavy atom. The van der Waals surface area contributed by atoms with E-state index in [-0.39, 0.29) is 23.0 Å². The number of carbonyl (C=O) groups is 2. The number of aromatic nitrogens is 3. The van der Waals surface area contributed by atoms with E-state index in [0.29, 0.717) is 16.4 Å². The number of aryl methyl sites for hydroxylation is 1. The van der Waals surface area contributed by atoms with Crippen molar-refractivity contribution in [2.24, 2.45) is 0 Å². The molecule has 2 aromatic carbocycles. The Balaban J connectivity index is 1.73. The van der Waals surface area contributed by atoms with Gasteiger partial charge in [-0.15, -0.1) is 0 Å². The molecule has 0 fully saturated rings. The summed E-state index contributed by atoms with van der Waals surface area (Å²) in [4.78, 5) is 29.0. The van der Waals surface area contributed by atoms with Crippen LogP contribution in [-0.2, 0) is 4.74 Å². The smallest absolute Gasteiger partial charge is 0.358 e. The maximum Gasteiger partial charge on any atom is 0.358 e. The number of amides is 1. The Kier molecular flexibility index (Phi) is 6.95. The van der Waals surface area contributed by atoms with Crippen molar-refractivity contribution in [1.82, 2.24) is 14.8 Å². The number of rotatable bonds is 6. The van der Waals surface area contributed by atoms with E-state index in [0.717, 1.165) is 16.8 Å². The second kappa shape index (κ2) is 10.1.